The van der Waals surface area contributed by atoms with Gasteiger partial charge in [0.25, 0.3) is 0 Å². The Morgan fingerprint density at radius 3 is 2.81 bits per heavy atom. The van der Waals surface area contributed by atoms with Crippen LogP contribution in [0.1, 0.15) is 42.9 Å². The fourth-order valence-corrected chi connectivity index (χ4v) is 2.27. The van der Waals surface area contributed by atoms with Crippen molar-refractivity contribution in [1.82, 2.24) is 5.32 Å². The topological polar surface area (TPSA) is 12.0 Å². The van der Waals surface area contributed by atoms with Crippen LogP contribution in [0.2, 0.25) is 0 Å². The van der Waals surface area contributed by atoms with Gasteiger partial charge in [0, 0.05) is 11.6 Å². The Morgan fingerprint density at radius 1 is 1.19 bits per heavy atom. The zero-order chi connectivity index (χ0) is 11.5. The fourth-order valence-electron chi connectivity index (χ4n) is 2.27. The maximum atomic E-state index is 13.9. The van der Waals surface area contributed by atoms with Crippen LogP contribution in [0.25, 0.3) is 0 Å². The van der Waals surface area contributed by atoms with Gasteiger partial charge in [0.15, 0.2) is 0 Å². The lowest BCUT2D eigenvalue weighted by Crippen LogP contribution is -2.22. The summed E-state index contributed by atoms with van der Waals surface area (Å²) in [6.45, 7) is 2.52. The van der Waals surface area contributed by atoms with Crippen molar-refractivity contribution in [1.29, 1.82) is 0 Å². The van der Waals surface area contributed by atoms with Gasteiger partial charge in [-0.25, -0.2) is 8.78 Å². The van der Waals surface area contributed by atoms with E-state index in [9.17, 15) is 8.78 Å². The van der Waals surface area contributed by atoms with E-state index in [1.54, 1.807) is 6.92 Å². The van der Waals surface area contributed by atoms with E-state index in [-0.39, 0.29) is 17.4 Å². The average Bonchev–Trinajstić information content (AvgIpc) is 2.53. The van der Waals surface area contributed by atoms with Crippen LogP contribution in [0.3, 0.4) is 0 Å². The molecule has 0 aliphatic carbocycles. The van der Waals surface area contributed by atoms with E-state index < -0.39 is 5.82 Å². The predicted molar refractivity (Wildman–Crippen MR) is 60.3 cm³/mol. The first-order valence-electron chi connectivity index (χ1n) is 5.88. The Kier molecular flexibility index (Phi) is 3.54. The molecule has 1 fully saturated rings. The highest BCUT2D eigenvalue weighted by molar-refractivity contribution is 5.29. The number of nitrogens with one attached hydrogen (secondary N) is 1. The molecule has 2 rings (SSSR count). The van der Waals surface area contributed by atoms with Crippen LogP contribution in [-0.4, -0.2) is 6.54 Å². The molecule has 1 aliphatic rings. The molecule has 0 aromatic heterocycles. The SMILES string of the molecule is Cc1ccc(F)c(C2CCCCCN2)c1F. The first kappa shape index (κ1) is 11.5. The number of hydrogen-bond donors (Lipinski definition) is 1. The summed E-state index contributed by atoms with van der Waals surface area (Å²) in [4.78, 5) is 0. The zero-order valence-corrected chi connectivity index (χ0v) is 9.52. The van der Waals surface area contributed by atoms with Gasteiger partial charge < -0.3 is 5.32 Å². The summed E-state index contributed by atoms with van der Waals surface area (Å²) in [5.41, 5.74) is 0.740. The molecular weight excluding hydrogens is 208 g/mol. The fraction of sp³-hybridized carbons (Fsp3) is 0.538. The summed E-state index contributed by atoms with van der Waals surface area (Å²) in [6, 6.07) is 2.69. The second-order valence-corrected chi connectivity index (χ2v) is 4.45. The molecule has 88 valence electrons. The summed E-state index contributed by atoms with van der Waals surface area (Å²) in [7, 11) is 0. The van der Waals surface area contributed by atoms with Crippen molar-refractivity contribution in [3.05, 3.63) is 34.9 Å². The first-order valence-corrected chi connectivity index (χ1v) is 5.88. The average molecular weight is 225 g/mol. The molecule has 1 saturated heterocycles. The van der Waals surface area contributed by atoms with Gasteiger partial charge in [0.05, 0.1) is 0 Å². The van der Waals surface area contributed by atoms with Crippen molar-refractivity contribution < 1.29 is 8.78 Å². The van der Waals surface area contributed by atoms with E-state index in [0.717, 1.165) is 32.2 Å². The van der Waals surface area contributed by atoms with Gasteiger partial charge >= 0.3 is 0 Å². The van der Waals surface area contributed by atoms with E-state index in [1.165, 1.54) is 12.1 Å². The van der Waals surface area contributed by atoms with Crippen LogP contribution in [0, 0.1) is 18.6 Å². The number of hydrogen-bond acceptors (Lipinski definition) is 1. The highest BCUT2D eigenvalue weighted by Crippen LogP contribution is 2.28. The molecule has 1 heterocycles. The highest BCUT2D eigenvalue weighted by Gasteiger charge is 2.22. The van der Waals surface area contributed by atoms with Crippen LogP contribution < -0.4 is 5.32 Å². The molecular formula is C13H17F2N. The lowest BCUT2D eigenvalue weighted by molar-refractivity contribution is 0.462. The third-order valence-corrected chi connectivity index (χ3v) is 3.23. The maximum absolute atomic E-state index is 13.9. The summed E-state index contributed by atoms with van der Waals surface area (Å²) < 4.78 is 27.6. The van der Waals surface area contributed by atoms with Crippen molar-refractivity contribution in [2.24, 2.45) is 0 Å². The number of aryl methyl sites for hydroxylation is 1. The van der Waals surface area contributed by atoms with E-state index in [1.807, 2.05) is 0 Å². The molecule has 1 atom stereocenters. The van der Waals surface area contributed by atoms with Gasteiger partial charge in [-0.15, -0.1) is 0 Å². The van der Waals surface area contributed by atoms with Gasteiger partial charge in [-0.1, -0.05) is 18.9 Å². The summed E-state index contributed by atoms with van der Waals surface area (Å²) in [6.07, 6.45) is 4.08. The predicted octanol–water partition coefficient (Wildman–Crippen LogP) is 3.48. The Labute approximate surface area is 94.9 Å². The number of halogens is 2. The Bertz CT molecular complexity index is 368. The van der Waals surface area contributed by atoms with E-state index in [0.29, 0.717) is 5.56 Å². The number of rotatable bonds is 1. The molecule has 0 spiro atoms. The van der Waals surface area contributed by atoms with E-state index in [4.69, 9.17) is 0 Å². The van der Waals surface area contributed by atoms with E-state index in [2.05, 4.69) is 5.32 Å². The van der Waals surface area contributed by atoms with Crippen molar-refractivity contribution in [2.75, 3.05) is 6.54 Å². The highest BCUT2D eigenvalue weighted by atomic mass is 19.1. The third kappa shape index (κ3) is 2.24. The van der Waals surface area contributed by atoms with Crippen LogP contribution >= 0.6 is 0 Å². The normalized spacial score (nSPS) is 21.8. The van der Waals surface area contributed by atoms with Gasteiger partial charge in [0.2, 0.25) is 0 Å². The molecule has 1 unspecified atom stereocenters. The van der Waals surface area contributed by atoms with Crippen molar-refractivity contribution in [3.8, 4) is 0 Å². The smallest absolute Gasteiger partial charge is 0.133 e. The van der Waals surface area contributed by atoms with E-state index >= 15 is 0 Å². The minimum absolute atomic E-state index is 0.164. The Balaban J connectivity index is 2.33. The summed E-state index contributed by atoms with van der Waals surface area (Å²) in [5.74, 6) is -0.818. The van der Waals surface area contributed by atoms with Crippen molar-refractivity contribution >= 4 is 0 Å². The Hall–Kier alpha value is -0.960. The van der Waals surface area contributed by atoms with Crippen LogP contribution in [0.15, 0.2) is 12.1 Å². The van der Waals surface area contributed by atoms with Gasteiger partial charge in [-0.2, -0.15) is 0 Å². The molecule has 0 saturated carbocycles. The molecule has 0 bridgehead atoms. The molecule has 1 aliphatic heterocycles. The molecule has 1 N–H and O–H groups in total. The summed E-state index contributed by atoms with van der Waals surface area (Å²) >= 11 is 0. The largest absolute Gasteiger partial charge is 0.310 e. The zero-order valence-electron chi connectivity index (χ0n) is 9.52. The quantitative estimate of drug-likeness (QED) is 0.771. The summed E-state index contributed by atoms with van der Waals surface area (Å²) in [5, 5.41) is 3.23. The van der Waals surface area contributed by atoms with Crippen LogP contribution in [0.4, 0.5) is 8.78 Å². The molecule has 0 radical (unpaired) electrons. The molecule has 1 aromatic carbocycles. The Morgan fingerprint density at radius 2 is 2.00 bits per heavy atom. The maximum Gasteiger partial charge on any atom is 0.133 e. The van der Waals surface area contributed by atoms with Gasteiger partial charge in [-0.05, 0) is 37.9 Å². The second-order valence-electron chi connectivity index (χ2n) is 4.45. The minimum Gasteiger partial charge on any atom is -0.310 e. The van der Waals surface area contributed by atoms with Gasteiger partial charge in [0.1, 0.15) is 11.6 Å². The second kappa shape index (κ2) is 4.91. The van der Waals surface area contributed by atoms with Crippen molar-refractivity contribution in [3.63, 3.8) is 0 Å². The molecule has 16 heavy (non-hydrogen) atoms. The number of benzene rings is 1. The molecule has 0 amide bonds. The van der Waals surface area contributed by atoms with Gasteiger partial charge in [-0.3, -0.25) is 0 Å². The van der Waals surface area contributed by atoms with Crippen LogP contribution in [-0.2, 0) is 0 Å². The minimum atomic E-state index is -0.428. The lowest BCUT2D eigenvalue weighted by Gasteiger charge is -2.18. The standard InChI is InChI=1S/C13H17F2N/c1-9-6-7-10(14)12(13(9)15)11-5-3-2-4-8-16-11/h6-7,11,16H,2-5,8H2,1H3. The molecule has 1 aromatic rings. The molecule has 3 heteroatoms. The third-order valence-electron chi connectivity index (χ3n) is 3.23. The molecule has 1 nitrogen and oxygen atoms in total. The van der Waals surface area contributed by atoms with Crippen molar-refractivity contribution in [2.45, 2.75) is 38.6 Å². The first-order chi connectivity index (χ1) is 7.70. The lowest BCUT2D eigenvalue weighted by atomic mass is 9.99. The monoisotopic (exact) mass is 225 g/mol. The van der Waals surface area contributed by atoms with Crippen LogP contribution in [0.5, 0.6) is 0 Å².